The van der Waals surface area contributed by atoms with Crippen LogP contribution >= 0.6 is 0 Å². The number of hydrogen-bond donors (Lipinski definition) is 0. The number of aromatic nitrogens is 3. The van der Waals surface area contributed by atoms with Crippen LogP contribution in [0.5, 0.6) is 0 Å². The molecule has 0 spiro atoms. The third-order valence-electron chi connectivity index (χ3n) is 2.51. The zero-order chi connectivity index (χ0) is 11.6. The number of imidazole rings is 1. The summed E-state index contributed by atoms with van der Waals surface area (Å²) in [6, 6.07) is 4.12. The van der Waals surface area contributed by atoms with Crippen molar-refractivity contribution in [2.24, 2.45) is 0 Å². The van der Waals surface area contributed by atoms with Gasteiger partial charge >= 0.3 is 0 Å². The van der Waals surface area contributed by atoms with Crippen molar-refractivity contribution in [3.05, 3.63) is 48.3 Å². The molecular weight excluding hydrogens is 198 g/mol. The zero-order valence-corrected chi connectivity index (χ0v) is 10.0. The quantitative estimate of drug-likeness (QED) is 0.771. The maximum absolute atomic E-state index is 4.50. The van der Waals surface area contributed by atoms with Crippen molar-refractivity contribution in [2.75, 3.05) is 0 Å². The molecule has 0 aliphatic rings. The Kier molecular flexibility index (Phi) is 2.77. The number of hydrogen-bond acceptors (Lipinski definition) is 2. The molecule has 0 aromatic carbocycles. The van der Waals surface area contributed by atoms with Gasteiger partial charge in [0, 0.05) is 24.0 Å². The Morgan fingerprint density at radius 2 is 2.06 bits per heavy atom. The van der Waals surface area contributed by atoms with Crippen molar-refractivity contribution >= 4 is 0 Å². The predicted octanol–water partition coefficient (Wildman–Crippen LogP) is 2.62. The highest BCUT2D eigenvalue weighted by Crippen LogP contribution is 2.23. The van der Waals surface area contributed by atoms with E-state index in [0.29, 0.717) is 0 Å². The molecule has 0 radical (unpaired) electrons. The maximum atomic E-state index is 4.50. The minimum atomic E-state index is 0.0805. The molecule has 0 bridgehead atoms. The maximum Gasteiger partial charge on any atom is 0.0949 e. The summed E-state index contributed by atoms with van der Waals surface area (Å²) in [5.41, 5.74) is 2.49. The van der Waals surface area contributed by atoms with E-state index in [-0.39, 0.29) is 5.41 Å². The summed E-state index contributed by atoms with van der Waals surface area (Å²) in [6.45, 7) is 7.40. The Bertz CT molecular complexity index is 452. The summed E-state index contributed by atoms with van der Waals surface area (Å²) in [4.78, 5) is 8.55. The topological polar surface area (TPSA) is 30.7 Å². The smallest absolute Gasteiger partial charge is 0.0949 e. The molecule has 2 aromatic heterocycles. The third-order valence-corrected chi connectivity index (χ3v) is 2.51. The first-order valence-electron chi connectivity index (χ1n) is 5.47. The molecule has 0 atom stereocenters. The number of rotatable bonds is 2. The second-order valence-electron chi connectivity index (χ2n) is 5.00. The highest BCUT2D eigenvalue weighted by atomic mass is 15.0. The van der Waals surface area contributed by atoms with Crippen molar-refractivity contribution < 1.29 is 0 Å². The molecule has 3 nitrogen and oxygen atoms in total. The summed E-state index contributed by atoms with van der Waals surface area (Å²) >= 11 is 0. The van der Waals surface area contributed by atoms with Crippen LogP contribution < -0.4 is 0 Å². The Hall–Kier alpha value is -1.64. The normalized spacial score (nSPS) is 11.7. The lowest BCUT2D eigenvalue weighted by atomic mass is 9.88. The van der Waals surface area contributed by atoms with Crippen LogP contribution in [0.2, 0.25) is 0 Å². The largest absolute Gasteiger partial charge is 0.333 e. The lowest BCUT2D eigenvalue weighted by Crippen LogP contribution is -2.17. The minimum Gasteiger partial charge on any atom is -0.333 e. The molecule has 0 saturated carbocycles. The molecule has 2 heterocycles. The van der Waals surface area contributed by atoms with Gasteiger partial charge in [0.05, 0.1) is 18.6 Å². The third kappa shape index (κ3) is 2.30. The van der Waals surface area contributed by atoms with E-state index in [1.807, 2.05) is 24.8 Å². The van der Waals surface area contributed by atoms with Gasteiger partial charge in [0.1, 0.15) is 0 Å². The van der Waals surface area contributed by atoms with E-state index in [2.05, 4.69) is 41.4 Å². The summed E-state index contributed by atoms with van der Waals surface area (Å²) in [7, 11) is 0. The van der Waals surface area contributed by atoms with Crippen LogP contribution in [0, 0.1) is 0 Å². The first kappa shape index (κ1) is 10.9. The molecule has 16 heavy (non-hydrogen) atoms. The summed E-state index contributed by atoms with van der Waals surface area (Å²) < 4.78 is 2.06. The summed E-state index contributed by atoms with van der Waals surface area (Å²) in [5, 5.41) is 0. The second kappa shape index (κ2) is 4.08. The van der Waals surface area contributed by atoms with Gasteiger partial charge in [0.25, 0.3) is 0 Å². The van der Waals surface area contributed by atoms with Crippen LogP contribution in [0.3, 0.4) is 0 Å². The van der Waals surface area contributed by atoms with Crippen molar-refractivity contribution in [2.45, 2.75) is 32.7 Å². The van der Waals surface area contributed by atoms with Gasteiger partial charge in [0.15, 0.2) is 0 Å². The van der Waals surface area contributed by atoms with Gasteiger partial charge in [-0.05, 0) is 11.6 Å². The number of nitrogens with zero attached hydrogens (tertiary/aromatic N) is 3. The monoisotopic (exact) mass is 215 g/mol. The van der Waals surface area contributed by atoms with Gasteiger partial charge in [0.2, 0.25) is 0 Å². The fourth-order valence-corrected chi connectivity index (χ4v) is 1.82. The van der Waals surface area contributed by atoms with Gasteiger partial charge in [-0.25, -0.2) is 4.98 Å². The van der Waals surface area contributed by atoms with Gasteiger partial charge in [-0.1, -0.05) is 26.8 Å². The van der Waals surface area contributed by atoms with Crippen molar-refractivity contribution in [3.8, 4) is 0 Å². The average molecular weight is 215 g/mol. The van der Waals surface area contributed by atoms with Crippen LogP contribution in [0.25, 0.3) is 0 Å². The van der Waals surface area contributed by atoms with Gasteiger partial charge in [-0.2, -0.15) is 0 Å². The first-order chi connectivity index (χ1) is 7.57. The van der Waals surface area contributed by atoms with Crippen molar-refractivity contribution in [1.82, 2.24) is 14.5 Å². The van der Waals surface area contributed by atoms with Crippen LogP contribution in [0.4, 0.5) is 0 Å². The van der Waals surface area contributed by atoms with Gasteiger partial charge in [-0.15, -0.1) is 0 Å². The average Bonchev–Trinajstić information content (AvgIpc) is 2.70. The highest BCUT2D eigenvalue weighted by molar-refractivity contribution is 5.26. The van der Waals surface area contributed by atoms with Crippen LogP contribution in [0.15, 0.2) is 37.1 Å². The molecule has 0 fully saturated rings. The molecule has 0 unspecified atom stereocenters. The molecule has 84 valence electrons. The lowest BCUT2D eigenvalue weighted by Gasteiger charge is -2.21. The molecular formula is C13H17N3. The highest BCUT2D eigenvalue weighted by Gasteiger charge is 2.18. The molecule has 0 aliphatic carbocycles. The molecule has 0 N–H and O–H groups in total. The first-order valence-corrected chi connectivity index (χ1v) is 5.47. The van der Waals surface area contributed by atoms with Gasteiger partial charge in [-0.3, -0.25) is 4.98 Å². The van der Waals surface area contributed by atoms with E-state index in [9.17, 15) is 0 Å². The fourth-order valence-electron chi connectivity index (χ4n) is 1.82. The van der Waals surface area contributed by atoms with Crippen LogP contribution in [0.1, 0.15) is 32.0 Å². The van der Waals surface area contributed by atoms with Crippen LogP contribution in [-0.4, -0.2) is 14.5 Å². The van der Waals surface area contributed by atoms with E-state index in [0.717, 1.165) is 12.2 Å². The predicted molar refractivity (Wildman–Crippen MR) is 64.3 cm³/mol. The Labute approximate surface area is 96.2 Å². The van der Waals surface area contributed by atoms with Gasteiger partial charge < -0.3 is 4.57 Å². The molecule has 0 saturated heterocycles. The second-order valence-corrected chi connectivity index (χ2v) is 5.00. The summed E-state index contributed by atoms with van der Waals surface area (Å²) in [6.07, 6.45) is 7.46. The SMILES string of the molecule is CC(C)(C)c1ncccc1Cn1ccnc1. The lowest BCUT2D eigenvalue weighted by molar-refractivity contribution is 0.556. The molecule has 3 heteroatoms. The molecule has 2 aromatic rings. The van der Waals surface area contributed by atoms with Crippen molar-refractivity contribution in [3.63, 3.8) is 0 Å². The summed E-state index contributed by atoms with van der Waals surface area (Å²) in [5.74, 6) is 0. The zero-order valence-electron chi connectivity index (χ0n) is 10.0. The Morgan fingerprint density at radius 3 is 2.69 bits per heavy atom. The molecule has 2 rings (SSSR count). The number of pyridine rings is 1. The van der Waals surface area contributed by atoms with E-state index in [1.165, 1.54) is 5.56 Å². The van der Waals surface area contributed by atoms with Crippen LogP contribution in [-0.2, 0) is 12.0 Å². The molecule has 0 amide bonds. The van der Waals surface area contributed by atoms with Crippen molar-refractivity contribution in [1.29, 1.82) is 0 Å². The fraction of sp³-hybridized carbons (Fsp3) is 0.385. The van der Waals surface area contributed by atoms with E-state index in [4.69, 9.17) is 0 Å². The van der Waals surface area contributed by atoms with E-state index in [1.54, 1.807) is 6.20 Å². The standard InChI is InChI=1S/C13H17N3/c1-13(2,3)12-11(5-4-6-15-12)9-16-8-7-14-10-16/h4-8,10H,9H2,1-3H3. The minimum absolute atomic E-state index is 0.0805. The Morgan fingerprint density at radius 1 is 1.25 bits per heavy atom. The Balaban J connectivity index is 2.34. The van der Waals surface area contributed by atoms with E-state index < -0.39 is 0 Å². The molecule has 0 aliphatic heterocycles. The van der Waals surface area contributed by atoms with E-state index >= 15 is 0 Å².